The van der Waals surface area contributed by atoms with E-state index in [0.717, 1.165) is 16.7 Å². The number of fused-ring (bicyclic) bond motifs is 1. The van der Waals surface area contributed by atoms with E-state index in [4.69, 9.17) is 21.1 Å². The van der Waals surface area contributed by atoms with E-state index >= 15 is 0 Å². The smallest absolute Gasteiger partial charge is 0.265 e. The Kier molecular flexibility index (Phi) is 6.16. The van der Waals surface area contributed by atoms with Gasteiger partial charge in [-0.3, -0.25) is 4.31 Å². The molecule has 0 radical (unpaired) electrons. The molecule has 1 aliphatic rings. The summed E-state index contributed by atoms with van der Waals surface area (Å²) < 4.78 is 39.5. The van der Waals surface area contributed by atoms with Crippen molar-refractivity contribution in [2.24, 2.45) is 0 Å². The summed E-state index contributed by atoms with van der Waals surface area (Å²) in [7, 11) is -0.706. The van der Waals surface area contributed by atoms with Gasteiger partial charge in [0.25, 0.3) is 10.0 Å². The maximum absolute atomic E-state index is 13.7. The SMILES string of the molecule is COC(OC)c1ccc(C2C=Cc3ccccc3N2S(=O)(=O)c2ccc(Cl)cc2)cc1. The lowest BCUT2D eigenvalue weighted by Crippen LogP contribution is -2.36. The van der Waals surface area contributed by atoms with Gasteiger partial charge in [0.2, 0.25) is 0 Å². The molecule has 4 rings (SSSR count). The Balaban J connectivity index is 1.81. The number of hydrogen-bond acceptors (Lipinski definition) is 4. The Morgan fingerprint density at radius 3 is 2.19 bits per heavy atom. The summed E-state index contributed by atoms with van der Waals surface area (Å²) in [6.45, 7) is 0. The van der Waals surface area contributed by atoms with Crippen molar-refractivity contribution >= 4 is 33.4 Å². The van der Waals surface area contributed by atoms with Gasteiger partial charge in [0.05, 0.1) is 16.6 Å². The van der Waals surface area contributed by atoms with E-state index in [0.29, 0.717) is 10.7 Å². The fraction of sp³-hybridized carbons (Fsp3) is 0.167. The van der Waals surface area contributed by atoms with E-state index in [1.165, 1.54) is 16.4 Å². The highest BCUT2D eigenvalue weighted by atomic mass is 35.5. The van der Waals surface area contributed by atoms with Crippen molar-refractivity contribution in [2.75, 3.05) is 18.5 Å². The number of nitrogens with zero attached hydrogens (tertiary/aromatic N) is 1. The van der Waals surface area contributed by atoms with Crippen LogP contribution in [0.15, 0.2) is 83.8 Å². The highest BCUT2D eigenvalue weighted by Crippen LogP contribution is 2.40. The quantitative estimate of drug-likeness (QED) is 0.454. The first-order valence-electron chi connectivity index (χ1n) is 9.68. The van der Waals surface area contributed by atoms with E-state index < -0.39 is 22.4 Å². The van der Waals surface area contributed by atoms with Gasteiger partial charge in [0, 0.05) is 24.8 Å². The third-order valence-electron chi connectivity index (χ3n) is 5.23. The van der Waals surface area contributed by atoms with E-state index in [-0.39, 0.29) is 4.90 Å². The maximum Gasteiger partial charge on any atom is 0.265 e. The van der Waals surface area contributed by atoms with Crippen molar-refractivity contribution in [3.8, 4) is 0 Å². The van der Waals surface area contributed by atoms with Gasteiger partial charge in [0.15, 0.2) is 6.29 Å². The van der Waals surface area contributed by atoms with Crippen LogP contribution in [-0.2, 0) is 19.5 Å². The Morgan fingerprint density at radius 2 is 1.55 bits per heavy atom. The summed E-state index contributed by atoms with van der Waals surface area (Å²) in [4.78, 5) is 0.183. The second-order valence-corrected chi connectivity index (χ2v) is 9.34. The van der Waals surface area contributed by atoms with Crippen LogP contribution < -0.4 is 4.31 Å². The number of hydrogen-bond donors (Lipinski definition) is 0. The normalized spacial score (nSPS) is 15.9. The Hall–Kier alpha value is -2.64. The van der Waals surface area contributed by atoms with Gasteiger partial charge in [-0.05, 0) is 41.5 Å². The summed E-state index contributed by atoms with van der Waals surface area (Å²) in [5.74, 6) is 0. The third-order valence-corrected chi connectivity index (χ3v) is 7.30. The van der Waals surface area contributed by atoms with E-state index in [1.807, 2.05) is 60.7 Å². The van der Waals surface area contributed by atoms with Gasteiger partial charge in [-0.15, -0.1) is 0 Å². The molecule has 0 fully saturated rings. The summed E-state index contributed by atoms with van der Waals surface area (Å²) in [6, 6.07) is 20.7. The van der Waals surface area contributed by atoms with Gasteiger partial charge in [0.1, 0.15) is 0 Å². The predicted octanol–water partition coefficient (Wildman–Crippen LogP) is 5.59. The van der Waals surface area contributed by atoms with Crippen LogP contribution >= 0.6 is 11.6 Å². The fourth-order valence-electron chi connectivity index (χ4n) is 3.72. The second-order valence-electron chi connectivity index (χ2n) is 7.09. The lowest BCUT2D eigenvalue weighted by atomic mass is 9.99. The average molecular weight is 456 g/mol. The molecule has 31 heavy (non-hydrogen) atoms. The van der Waals surface area contributed by atoms with Crippen LogP contribution in [0.2, 0.25) is 5.02 Å². The number of para-hydroxylation sites is 1. The van der Waals surface area contributed by atoms with Crippen molar-refractivity contribution in [3.05, 3.63) is 101 Å². The van der Waals surface area contributed by atoms with Gasteiger partial charge in [-0.2, -0.15) is 0 Å². The largest absolute Gasteiger partial charge is 0.352 e. The highest BCUT2D eigenvalue weighted by molar-refractivity contribution is 7.92. The van der Waals surface area contributed by atoms with Crippen molar-refractivity contribution < 1.29 is 17.9 Å². The lowest BCUT2D eigenvalue weighted by Gasteiger charge is -2.35. The molecular weight excluding hydrogens is 434 g/mol. The Morgan fingerprint density at radius 1 is 0.903 bits per heavy atom. The van der Waals surface area contributed by atoms with Gasteiger partial charge in [-0.1, -0.05) is 66.2 Å². The van der Waals surface area contributed by atoms with Crippen molar-refractivity contribution in [2.45, 2.75) is 17.2 Å². The van der Waals surface area contributed by atoms with Gasteiger partial charge in [-0.25, -0.2) is 8.42 Å². The lowest BCUT2D eigenvalue weighted by molar-refractivity contribution is -0.106. The van der Waals surface area contributed by atoms with Crippen molar-refractivity contribution in [1.82, 2.24) is 0 Å². The molecule has 160 valence electrons. The number of rotatable bonds is 6. The topological polar surface area (TPSA) is 55.8 Å². The Labute approximate surface area is 187 Å². The summed E-state index contributed by atoms with van der Waals surface area (Å²) in [5, 5.41) is 0.482. The first-order valence-corrected chi connectivity index (χ1v) is 11.5. The molecule has 0 saturated heterocycles. The minimum atomic E-state index is -3.85. The number of methoxy groups -OCH3 is 2. The molecule has 1 aliphatic heterocycles. The average Bonchev–Trinajstić information content (AvgIpc) is 2.80. The minimum absolute atomic E-state index is 0.183. The molecule has 3 aromatic carbocycles. The van der Waals surface area contributed by atoms with Gasteiger partial charge < -0.3 is 9.47 Å². The molecule has 0 amide bonds. The molecule has 0 saturated carbocycles. The number of benzene rings is 3. The van der Waals surface area contributed by atoms with Crippen LogP contribution in [0, 0.1) is 0 Å². The molecule has 5 nitrogen and oxygen atoms in total. The third kappa shape index (κ3) is 4.12. The standard InChI is InChI=1S/C24H22ClNO4S/c1-29-24(30-2)19-9-7-18(8-10-19)23-16-11-17-5-3-4-6-22(17)26(23)31(27,28)21-14-12-20(25)13-15-21/h3-16,23-24H,1-2H3. The minimum Gasteiger partial charge on any atom is -0.352 e. The highest BCUT2D eigenvalue weighted by Gasteiger charge is 2.34. The van der Waals surface area contributed by atoms with E-state index in [9.17, 15) is 8.42 Å². The molecule has 0 aliphatic carbocycles. The monoisotopic (exact) mass is 455 g/mol. The molecule has 3 aromatic rings. The summed E-state index contributed by atoms with van der Waals surface area (Å²) in [5.41, 5.74) is 3.14. The summed E-state index contributed by atoms with van der Waals surface area (Å²) >= 11 is 5.98. The molecule has 0 spiro atoms. The molecule has 1 unspecified atom stereocenters. The van der Waals surface area contributed by atoms with Crippen LogP contribution in [0.1, 0.15) is 29.0 Å². The maximum atomic E-state index is 13.7. The van der Waals surface area contributed by atoms with E-state index in [1.54, 1.807) is 26.4 Å². The zero-order valence-electron chi connectivity index (χ0n) is 17.1. The molecule has 7 heteroatoms. The predicted molar refractivity (Wildman–Crippen MR) is 123 cm³/mol. The zero-order chi connectivity index (χ0) is 22.0. The number of anilines is 1. The molecule has 1 atom stereocenters. The first-order chi connectivity index (χ1) is 15.0. The van der Waals surface area contributed by atoms with Crippen LogP contribution in [-0.4, -0.2) is 22.6 Å². The molecule has 1 heterocycles. The number of sulfonamides is 1. The summed E-state index contributed by atoms with van der Waals surface area (Å²) in [6.07, 6.45) is 3.37. The Bertz CT molecular complexity index is 1190. The first kappa shape index (κ1) is 21.6. The van der Waals surface area contributed by atoms with Crippen LogP contribution in [0.25, 0.3) is 6.08 Å². The zero-order valence-corrected chi connectivity index (χ0v) is 18.7. The molecular formula is C24H22ClNO4S. The van der Waals surface area contributed by atoms with Crippen LogP contribution in [0.3, 0.4) is 0 Å². The second kappa shape index (κ2) is 8.85. The van der Waals surface area contributed by atoms with Crippen LogP contribution in [0.5, 0.6) is 0 Å². The van der Waals surface area contributed by atoms with Gasteiger partial charge >= 0.3 is 0 Å². The van der Waals surface area contributed by atoms with Crippen molar-refractivity contribution in [1.29, 1.82) is 0 Å². The molecule has 0 bridgehead atoms. The number of ether oxygens (including phenoxy) is 2. The molecule has 0 N–H and O–H groups in total. The fourth-order valence-corrected chi connectivity index (χ4v) is 5.47. The van der Waals surface area contributed by atoms with E-state index in [2.05, 4.69) is 0 Å². The molecule has 0 aromatic heterocycles. The van der Waals surface area contributed by atoms with Crippen LogP contribution in [0.4, 0.5) is 5.69 Å². The number of halogens is 1. The van der Waals surface area contributed by atoms with Crippen molar-refractivity contribution in [3.63, 3.8) is 0 Å².